The lowest BCUT2D eigenvalue weighted by molar-refractivity contribution is -0.151. The van der Waals surface area contributed by atoms with Crippen molar-refractivity contribution in [1.82, 2.24) is 0 Å². The van der Waals surface area contributed by atoms with E-state index in [1.807, 2.05) is 18.2 Å². The summed E-state index contributed by atoms with van der Waals surface area (Å²) < 4.78 is 29.5. The second-order valence-corrected chi connectivity index (χ2v) is 8.50. The predicted molar refractivity (Wildman–Crippen MR) is 79.2 cm³/mol. The summed E-state index contributed by atoms with van der Waals surface area (Å²) in [6, 6.07) is 7.27. The van der Waals surface area contributed by atoms with Crippen LogP contribution in [-0.2, 0) is 21.1 Å². The van der Waals surface area contributed by atoms with Crippen molar-refractivity contribution in [3.63, 3.8) is 0 Å². The highest BCUT2D eigenvalue weighted by Crippen LogP contribution is 2.37. The molecule has 1 aliphatic heterocycles. The first-order valence-corrected chi connectivity index (χ1v) is 8.64. The summed E-state index contributed by atoms with van der Waals surface area (Å²) in [7, 11) is -3.27. The Bertz CT molecular complexity index is 635. The van der Waals surface area contributed by atoms with Gasteiger partial charge in [-0.05, 0) is 38.3 Å². The molecule has 6 heteroatoms. The van der Waals surface area contributed by atoms with Gasteiger partial charge in [0.15, 0.2) is 9.84 Å². The van der Waals surface area contributed by atoms with E-state index in [1.54, 1.807) is 19.9 Å². The zero-order valence-electron chi connectivity index (χ0n) is 12.2. The van der Waals surface area contributed by atoms with E-state index in [9.17, 15) is 18.3 Å². The lowest BCUT2D eigenvalue weighted by Gasteiger charge is -2.34. The molecule has 1 heterocycles. The van der Waals surface area contributed by atoms with Crippen LogP contribution in [0.1, 0.15) is 25.8 Å². The van der Waals surface area contributed by atoms with Gasteiger partial charge in [0, 0.05) is 0 Å². The van der Waals surface area contributed by atoms with E-state index in [-0.39, 0.29) is 18.8 Å². The van der Waals surface area contributed by atoms with E-state index in [0.717, 1.165) is 5.56 Å². The number of hydrogen-bond acceptors (Lipinski definition) is 4. The maximum Gasteiger partial charge on any atom is 0.313 e. The van der Waals surface area contributed by atoms with Crippen LogP contribution in [0.15, 0.2) is 24.3 Å². The summed E-state index contributed by atoms with van der Waals surface area (Å²) in [6.45, 7) is 3.22. The van der Waals surface area contributed by atoms with Crippen molar-refractivity contribution in [2.75, 3.05) is 12.4 Å². The first kappa shape index (κ1) is 15.8. The standard InChI is InChI=1S/C15H20O5S/c1-11(2)21(18,19)8-7-15(14(16)17)9-12-5-3-4-6-13(12)20-10-15/h3-6,11H,7-10H2,1-2H3,(H,16,17). The van der Waals surface area contributed by atoms with Gasteiger partial charge in [-0.15, -0.1) is 0 Å². The molecule has 0 saturated carbocycles. The molecular formula is C15H20O5S. The molecule has 1 aliphatic rings. The lowest BCUT2D eigenvalue weighted by Crippen LogP contribution is -2.43. The van der Waals surface area contributed by atoms with E-state index in [1.165, 1.54) is 0 Å². The molecule has 1 aromatic carbocycles. The molecule has 1 aromatic rings. The quantitative estimate of drug-likeness (QED) is 0.898. The number of benzene rings is 1. The first-order chi connectivity index (χ1) is 9.77. The largest absolute Gasteiger partial charge is 0.492 e. The molecule has 0 aromatic heterocycles. The number of sulfone groups is 1. The lowest BCUT2D eigenvalue weighted by atomic mass is 9.78. The third-order valence-electron chi connectivity index (χ3n) is 4.04. The fourth-order valence-electron chi connectivity index (χ4n) is 2.40. The fraction of sp³-hybridized carbons (Fsp3) is 0.533. The van der Waals surface area contributed by atoms with Gasteiger partial charge in [-0.1, -0.05) is 18.2 Å². The van der Waals surface area contributed by atoms with Crippen LogP contribution in [-0.4, -0.2) is 37.1 Å². The number of aliphatic carboxylic acids is 1. The highest BCUT2D eigenvalue weighted by molar-refractivity contribution is 7.91. The van der Waals surface area contributed by atoms with Crippen molar-refractivity contribution in [2.24, 2.45) is 5.41 Å². The van der Waals surface area contributed by atoms with Crippen molar-refractivity contribution >= 4 is 15.8 Å². The zero-order valence-corrected chi connectivity index (χ0v) is 13.0. The van der Waals surface area contributed by atoms with Crippen LogP contribution in [0.2, 0.25) is 0 Å². The highest BCUT2D eigenvalue weighted by atomic mass is 32.2. The maximum absolute atomic E-state index is 11.9. The molecular weight excluding hydrogens is 292 g/mol. The minimum absolute atomic E-state index is 0.00691. The van der Waals surface area contributed by atoms with Gasteiger partial charge in [0.05, 0.1) is 11.0 Å². The van der Waals surface area contributed by atoms with Gasteiger partial charge in [0.25, 0.3) is 0 Å². The summed E-state index contributed by atoms with van der Waals surface area (Å²) in [4.78, 5) is 11.7. The molecule has 0 fully saturated rings. The Morgan fingerprint density at radius 2 is 2.05 bits per heavy atom. The molecule has 2 rings (SSSR count). The van der Waals surface area contributed by atoms with Crippen molar-refractivity contribution in [2.45, 2.75) is 31.9 Å². The Morgan fingerprint density at radius 3 is 2.67 bits per heavy atom. The monoisotopic (exact) mass is 312 g/mol. The average molecular weight is 312 g/mol. The normalized spacial score (nSPS) is 21.7. The van der Waals surface area contributed by atoms with Crippen molar-refractivity contribution < 1.29 is 23.1 Å². The van der Waals surface area contributed by atoms with Crippen LogP contribution < -0.4 is 4.74 Å². The Labute approximate surface area is 124 Å². The maximum atomic E-state index is 11.9. The molecule has 0 saturated heterocycles. The molecule has 0 radical (unpaired) electrons. The van der Waals surface area contributed by atoms with Gasteiger partial charge in [0.2, 0.25) is 0 Å². The molecule has 21 heavy (non-hydrogen) atoms. The number of carboxylic acids is 1. The number of ether oxygens (including phenoxy) is 1. The minimum Gasteiger partial charge on any atom is -0.492 e. The van der Waals surface area contributed by atoms with E-state index < -0.39 is 26.5 Å². The van der Waals surface area contributed by atoms with Crippen molar-refractivity contribution in [3.05, 3.63) is 29.8 Å². The zero-order chi connectivity index (χ0) is 15.7. The van der Waals surface area contributed by atoms with Crippen LogP contribution in [0.5, 0.6) is 5.75 Å². The third-order valence-corrected chi connectivity index (χ3v) is 6.25. The van der Waals surface area contributed by atoms with Crippen LogP contribution >= 0.6 is 0 Å². The van der Waals surface area contributed by atoms with Gasteiger partial charge in [-0.3, -0.25) is 4.79 Å². The fourth-order valence-corrected chi connectivity index (χ4v) is 3.55. The average Bonchev–Trinajstić information content (AvgIpc) is 2.44. The predicted octanol–water partition coefficient (Wildman–Crippen LogP) is 1.91. The van der Waals surface area contributed by atoms with E-state index >= 15 is 0 Å². The Hall–Kier alpha value is -1.56. The molecule has 0 bridgehead atoms. The van der Waals surface area contributed by atoms with Gasteiger partial charge in [0.1, 0.15) is 17.8 Å². The Kier molecular flexibility index (Phi) is 4.27. The van der Waals surface area contributed by atoms with Crippen LogP contribution in [0.4, 0.5) is 0 Å². The van der Waals surface area contributed by atoms with Gasteiger partial charge < -0.3 is 9.84 Å². The number of para-hydroxylation sites is 1. The summed E-state index contributed by atoms with van der Waals surface area (Å²) in [5, 5.41) is 9.08. The molecule has 1 N–H and O–H groups in total. The first-order valence-electron chi connectivity index (χ1n) is 6.92. The van der Waals surface area contributed by atoms with Crippen LogP contribution in [0.3, 0.4) is 0 Å². The molecule has 5 nitrogen and oxygen atoms in total. The number of rotatable bonds is 5. The molecule has 116 valence electrons. The second kappa shape index (κ2) is 5.67. The topological polar surface area (TPSA) is 80.7 Å². The molecule has 0 spiro atoms. The van der Waals surface area contributed by atoms with E-state index in [2.05, 4.69) is 0 Å². The Balaban J connectivity index is 2.23. The summed E-state index contributed by atoms with van der Waals surface area (Å²) in [6.07, 6.45) is 0.364. The number of hydrogen-bond donors (Lipinski definition) is 1. The summed E-state index contributed by atoms with van der Waals surface area (Å²) in [5.74, 6) is -0.459. The van der Waals surface area contributed by atoms with Crippen molar-refractivity contribution in [3.8, 4) is 5.75 Å². The molecule has 1 atom stereocenters. The van der Waals surface area contributed by atoms with Gasteiger partial charge >= 0.3 is 5.97 Å². The number of carbonyl (C=O) groups is 1. The number of carboxylic acid groups (broad SMARTS) is 1. The highest BCUT2D eigenvalue weighted by Gasteiger charge is 2.43. The van der Waals surface area contributed by atoms with Gasteiger partial charge in [-0.25, -0.2) is 8.42 Å². The van der Waals surface area contributed by atoms with Crippen LogP contribution in [0.25, 0.3) is 0 Å². The Morgan fingerprint density at radius 1 is 1.38 bits per heavy atom. The summed E-state index contributed by atoms with van der Waals surface area (Å²) in [5.41, 5.74) is -0.357. The molecule has 1 unspecified atom stereocenters. The molecule has 0 amide bonds. The smallest absolute Gasteiger partial charge is 0.313 e. The summed E-state index contributed by atoms with van der Waals surface area (Å²) >= 11 is 0. The van der Waals surface area contributed by atoms with Crippen molar-refractivity contribution in [1.29, 1.82) is 0 Å². The number of fused-ring (bicyclic) bond motifs is 1. The third kappa shape index (κ3) is 3.20. The van der Waals surface area contributed by atoms with Gasteiger partial charge in [-0.2, -0.15) is 0 Å². The molecule has 0 aliphatic carbocycles. The SMILES string of the molecule is CC(C)S(=O)(=O)CCC1(C(=O)O)COc2ccccc2C1. The minimum atomic E-state index is -3.27. The van der Waals surface area contributed by atoms with E-state index in [0.29, 0.717) is 12.2 Å². The second-order valence-electron chi connectivity index (χ2n) is 5.82. The van der Waals surface area contributed by atoms with E-state index in [4.69, 9.17) is 4.74 Å². The van der Waals surface area contributed by atoms with Crippen LogP contribution in [0, 0.1) is 5.41 Å².